The molecule has 124 valence electrons. The summed E-state index contributed by atoms with van der Waals surface area (Å²) >= 11 is 3.33. The molecule has 24 heavy (non-hydrogen) atoms. The van der Waals surface area contributed by atoms with Crippen molar-refractivity contribution >= 4 is 39.2 Å². The summed E-state index contributed by atoms with van der Waals surface area (Å²) in [5.74, 6) is -0.747. The lowest BCUT2D eigenvalue weighted by Gasteiger charge is -2.18. The molecule has 1 saturated heterocycles. The zero-order chi connectivity index (χ0) is 17.1. The molecular formula is C17H15BrFN3O2. The lowest BCUT2D eigenvalue weighted by atomic mass is 10.3. The highest BCUT2D eigenvalue weighted by atomic mass is 79.9. The standard InChI is InChI=1S/C17H15BrFN3O2/c18-12-4-3-5-13(10-12)20-16(23)11-21-8-9-22(17(21)24)15-7-2-1-6-14(15)19/h1-7,10H,8-9,11H2,(H,20,23). The molecule has 0 saturated carbocycles. The van der Waals surface area contributed by atoms with Crippen LogP contribution in [0.2, 0.25) is 0 Å². The third kappa shape index (κ3) is 3.56. The first kappa shape index (κ1) is 16.4. The van der Waals surface area contributed by atoms with Crippen LogP contribution in [-0.4, -0.2) is 36.5 Å². The molecule has 1 heterocycles. The Labute approximate surface area is 147 Å². The number of amides is 3. The molecule has 3 amide bonds. The minimum absolute atomic E-state index is 0.0731. The van der Waals surface area contributed by atoms with Gasteiger partial charge in [0, 0.05) is 23.2 Å². The number of anilines is 2. The van der Waals surface area contributed by atoms with Crippen molar-refractivity contribution in [1.29, 1.82) is 0 Å². The lowest BCUT2D eigenvalue weighted by Crippen LogP contribution is -2.37. The van der Waals surface area contributed by atoms with Gasteiger partial charge in [-0.25, -0.2) is 9.18 Å². The molecule has 2 aromatic carbocycles. The molecule has 3 rings (SSSR count). The summed E-state index contributed by atoms with van der Waals surface area (Å²) in [6, 6.07) is 12.9. The number of para-hydroxylation sites is 1. The molecule has 0 aromatic heterocycles. The lowest BCUT2D eigenvalue weighted by molar-refractivity contribution is -0.116. The van der Waals surface area contributed by atoms with E-state index in [1.165, 1.54) is 15.9 Å². The van der Waals surface area contributed by atoms with E-state index in [2.05, 4.69) is 21.2 Å². The van der Waals surface area contributed by atoms with Gasteiger partial charge in [0.15, 0.2) is 0 Å². The van der Waals surface area contributed by atoms with Gasteiger partial charge in [0.2, 0.25) is 5.91 Å². The van der Waals surface area contributed by atoms with E-state index in [0.717, 1.165) is 4.47 Å². The zero-order valence-electron chi connectivity index (χ0n) is 12.7. The molecule has 7 heteroatoms. The van der Waals surface area contributed by atoms with Crippen LogP contribution in [0.15, 0.2) is 53.0 Å². The van der Waals surface area contributed by atoms with Gasteiger partial charge in [0.05, 0.1) is 5.69 Å². The number of benzene rings is 2. The van der Waals surface area contributed by atoms with Crippen molar-refractivity contribution < 1.29 is 14.0 Å². The SMILES string of the molecule is O=C(CN1CCN(c2ccccc2F)C1=O)Nc1cccc(Br)c1. The maximum Gasteiger partial charge on any atom is 0.325 e. The maximum atomic E-state index is 13.8. The van der Waals surface area contributed by atoms with Crippen LogP contribution in [0, 0.1) is 5.82 Å². The Morgan fingerprint density at radius 3 is 2.71 bits per heavy atom. The minimum atomic E-state index is -0.453. The van der Waals surface area contributed by atoms with Crippen LogP contribution >= 0.6 is 15.9 Å². The van der Waals surface area contributed by atoms with Crippen LogP contribution in [0.5, 0.6) is 0 Å². The third-order valence-corrected chi connectivity index (χ3v) is 4.17. The van der Waals surface area contributed by atoms with Gasteiger partial charge in [-0.1, -0.05) is 34.1 Å². The van der Waals surface area contributed by atoms with E-state index >= 15 is 0 Å². The monoisotopic (exact) mass is 391 g/mol. The molecule has 0 aliphatic carbocycles. The van der Waals surface area contributed by atoms with Crippen molar-refractivity contribution in [2.24, 2.45) is 0 Å². The van der Waals surface area contributed by atoms with Crippen LogP contribution in [0.1, 0.15) is 0 Å². The van der Waals surface area contributed by atoms with E-state index in [1.807, 2.05) is 6.07 Å². The second-order valence-corrected chi connectivity index (χ2v) is 6.28. The molecule has 5 nitrogen and oxygen atoms in total. The van der Waals surface area contributed by atoms with Crippen molar-refractivity contribution in [3.05, 3.63) is 58.8 Å². The Balaban J connectivity index is 1.63. The van der Waals surface area contributed by atoms with E-state index in [1.54, 1.807) is 36.4 Å². The number of rotatable bonds is 4. The molecule has 0 unspecified atom stereocenters. The Bertz CT molecular complexity index is 784. The fourth-order valence-corrected chi connectivity index (χ4v) is 2.96. The summed E-state index contributed by atoms with van der Waals surface area (Å²) in [5, 5.41) is 2.74. The zero-order valence-corrected chi connectivity index (χ0v) is 14.3. The average molecular weight is 392 g/mol. The topological polar surface area (TPSA) is 52.7 Å². The van der Waals surface area contributed by atoms with Gasteiger partial charge in [-0.15, -0.1) is 0 Å². The Kier molecular flexibility index (Phi) is 4.80. The van der Waals surface area contributed by atoms with Gasteiger partial charge in [-0.3, -0.25) is 9.69 Å². The van der Waals surface area contributed by atoms with E-state index in [-0.39, 0.29) is 24.2 Å². The average Bonchev–Trinajstić information content (AvgIpc) is 2.89. The van der Waals surface area contributed by atoms with Gasteiger partial charge in [-0.05, 0) is 30.3 Å². The van der Waals surface area contributed by atoms with Gasteiger partial charge < -0.3 is 10.2 Å². The third-order valence-electron chi connectivity index (χ3n) is 3.68. The second kappa shape index (κ2) is 7.00. The van der Waals surface area contributed by atoms with E-state index in [9.17, 15) is 14.0 Å². The first-order chi connectivity index (χ1) is 11.5. The number of carbonyl (C=O) groups is 2. The quantitative estimate of drug-likeness (QED) is 0.867. The summed E-state index contributed by atoms with van der Waals surface area (Å²) in [6.45, 7) is 0.652. The fourth-order valence-electron chi connectivity index (χ4n) is 2.56. The largest absolute Gasteiger partial charge is 0.325 e. The molecule has 0 spiro atoms. The second-order valence-electron chi connectivity index (χ2n) is 5.37. The van der Waals surface area contributed by atoms with Crippen LogP contribution in [0.3, 0.4) is 0 Å². The van der Waals surface area contributed by atoms with Crippen LogP contribution in [0.25, 0.3) is 0 Å². The van der Waals surface area contributed by atoms with Gasteiger partial charge >= 0.3 is 6.03 Å². The highest BCUT2D eigenvalue weighted by Crippen LogP contribution is 2.23. The molecule has 1 aliphatic heterocycles. The summed E-state index contributed by atoms with van der Waals surface area (Å²) < 4.78 is 14.7. The van der Waals surface area contributed by atoms with Crippen LogP contribution < -0.4 is 10.2 Å². The van der Waals surface area contributed by atoms with Crippen molar-refractivity contribution in [3.63, 3.8) is 0 Å². The molecular weight excluding hydrogens is 377 g/mol. The van der Waals surface area contributed by atoms with Gasteiger partial charge in [0.25, 0.3) is 0 Å². The normalized spacial score (nSPS) is 14.2. The molecule has 1 aliphatic rings. The van der Waals surface area contributed by atoms with Crippen LogP contribution in [0.4, 0.5) is 20.6 Å². The minimum Gasteiger partial charge on any atom is -0.325 e. The summed E-state index contributed by atoms with van der Waals surface area (Å²) in [4.78, 5) is 27.3. The van der Waals surface area contributed by atoms with Crippen molar-refractivity contribution in [2.45, 2.75) is 0 Å². The van der Waals surface area contributed by atoms with Gasteiger partial charge in [0.1, 0.15) is 12.4 Å². The summed E-state index contributed by atoms with van der Waals surface area (Å²) in [5.41, 5.74) is 0.879. The van der Waals surface area contributed by atoms with Crippen LogP contribution in [-0.2, 0) is 4.79 Å². The highest BCUT2D eigenvalue weighted by molar-refractivity contribution is 9.10. The maximum absolute atomic E-state index is 13.8. The molecule has 1 N–H and O–H groups in total. The van der Waals surface area contributed by atoms with Crippen molar-refractivity contribution in [3.8, 4) is 0 Å². The first-order valence-corrected chi connectivity index (χ1v) is 8.20. The van der Waals surface area contributed by atoms with Crippen molar-refractivity contribution in [2.75, 3.05) is 29.9 Å². The predicted octanol–water partition coefficient (Wildman–Crippen LogP) is 3.47. The summed E-state index contributed by atoms with van der Waals surface area (Å²) in [6.07, 6.45) is 0. The fraction of sp³-hybridized carbons (Fsp3) is 0.176. The molecule has 0 bridgehead atoms. The van der Waals surface area contributed by atoms with Crippen molar-refractivity contribution in [1.82, 2.24) is 4.90 Å². The number of nitrogens with zero attached hydrogens (tertiary/aromatic N) is 2. The molecule has 2 aromatic rings. The highest BCUT2D eigenvalue weighted by Gasteiger charge is 2.32. The number of carbonyl (C=O) groups excluding carboxylic acids is 2. The Morgan fingerprint density at radius 2 is 1.96 bits per heavy atom. The smallest absolute Gasteiger partial charge is 0.325 e. The molecule has 0 atom stereocenters. The summed E-state index contributed by atoms with van der Waals surface area (Å²) in [7, 11) is 0. The number of hydrogen-bond acceptors (Lipinski definition) is 2. The number of urea groups is 1. The van der Waals surface area contributed by atoms with E-state index in [0.29, 0.717) is 18.8 Å². The number of halogens is 2. The first-order valence-electron chi connectivity index (χ1n) is 7.41. The number of hydrogen-bond donors (Lipinski definition) is 1. The number of nitrogens with one attached hydrogen (secondary N) is 1. The Morgan fingerprint density at radius 1 is 1.17 bits per heavy atom. The molecule has 1 fully saturated rings. The van der Waals surface area contributed by atoms with E-state index < -0.39 is 5.82 Å². The predicted molar refractivity (Wildman–Crippen MR) is 93.5 cm³/mol. The van der Waals surface area contributed by atoms with E-state index in [4.69, 9.17) is 0 Å². The molecule has 0 radical (unpaired) electrons. The Hall–Kier alpha value is -2.41. The van der Waals surface area contributed by atoms with Gasteiger partial charge in [-0.2, -0.15) is 0 Å².